The first-order chi connectivity index (χ1) is 13.7. The van der Waals surface area contributed by atoms with Crippen molar-refractivity contribution in [2.24, 2.45) is 4.99 Å². The van der Waals surface area contributed by atoms with Crippen LogP contribution < -0.4 is 10.6 Å². The van der Waals surface area contributed by atoms with Gasteiger partial charge in [-0.2, -0.15) is 0 Å². The number of aryl methyl sites for hydroxylation is 1. The minimum absolute atomic E-state index is 0.471. The molecule has 0 fully saturated rings. The Morgan fingerprint density at radius 3 is 2.86 bits per heavy atom. The number of guanidine groups is 1. The van der Waals surface area contributed by atoms with Gasteiger partial charge < -0.3 is 15.1 Å². The number of rotatable bonds is 9. The summed E-state index contributed by atoms with van der Waals surface area (Å²) in [7, 11) is 0. The van der Waals surface area contributed by atoms with E-state index in [2.05, 4.69) is 51.6 Å². The van der Waals surface area contributed by atoms with E-state index in [9.17, 15) is 0 Å². The molecule has 3 rings (SSSR count). The summed E-state index contributed by atoms with van der Waals surface area (Å²) in [5, 5.41) is 8.64. The molecule has 2 N–H and O–H groups in total. The molecule has 148 valence electrons. The quantitative estimate of drug-likeness (QED) is 0.234. The third-order valence-corrected chi connectivity index (χ3v) is 5.89. The van der Waals surface area contributed by atoms with Crippen LogP contribution in [0, 0.1) is 6.92 Å². The van der Waals surface area contributed by atoms with E-state index in [0.717, 1.165) is 46.8 Å². The lowest BCUT2D eigenvalue weighted by atomic mass is 10.1. The molecule has 3 aromatic rings. The predicted molar refractivity (Wildman–Crippen MR) is 117 cm³/mol. The van der Waals surface area contributed by atoms with E-state index in [-0.39, 0.29) is 0 Å². The van der Waals surface area contributed by atoms with Crippen molar-refractivity contribution < 1.29 is 4.42 Å². The maximum Gasteiger partial charge on any atom is 0.226 e. The smallest absolute Gasteiger partial charge is 0.226 e. The van der Waals surface area contributed by atoms with Gasteiger partial charge in [0.15, 0.2) is 5.96 Å². The summed E-state index contributed by atoms with van der Waals surface area (Å²) in [5.41, 5.74) is 3.00. The Morgan fingerprint density at radius 2 is 2.11 bits per heavy atom. The molecule has 8 heteroatoms. The lowest BCUT2D eigenvalue weighted by Gasteiger charge is -2.10. The van der Waals surface area contributed by atoms with Crippen LogP contribution in [0.4, 0.5) is 0 Å². The molecule has 28 heavy (non-hydrogen) atoms. The molecule has 0 saturated heterocycles. The Balaban J connectivity index is 1.47. The topological polar surface area (TPSA) is 75.3 Å². The van der Waals surface area contributed by atoms with Crippen molar-refractivity contribution in [2.75, 3.05) is 18.8 Å². The van der Waals surface area contributed by atoms with Crippen LogP contribution in [0.3, 0.4) is 0 Å². The van der Waals surface area contributed by atoms with Crippen LogP contribution in [-0.2, 0) is 6.54 Å². The number of thioether (sulfide) groups is 1. The number of hydrogen-bond acceptors (Lipinski definition) is 6. The zero-order chi connectivity index (χ0) is 19.6. The van der Waals surface area contributed by atoms with Gasteiger partial charge in [-0.05, 0) is 32.4 Å². The summed E-state index contributed by atoms with van der Waals surface area (Å²) >= 11 is 3.47. The Labute approximate surface area is 173 Å². The summed E-state index contributed by atoms with van der Waals surface area (Å²) in [6.07, 6.45) is 4.55. The van der Waals surface area contributed by atoms with Gasteiger partial charge in [0.1, 0.15) is 16.3 Å². The lowest BCUT2D eigenvalue weighted by Crippen LogP contribution is -2.37. The minimum atomic E-state index is 0.471. The van der Waals surface area contributed by atoms with Gasteiger partial charge in [-0.1, -0.05) is 29.5 Å². The molecule has 0 atom stereocenters. The SMILES string of the molecule is CCNC(=NCc1coc(-c2ccc(C)cc2)n1)NCCCSc1nccs1. The van der Waals surface area contributed by atoms with Crippen LogP contribution in [0.1, 0.15) is 24.6 Å². The molecule has 6 nitrogen and oxygen atoms in total. The van der Waals surface area contributed by atoms with Crippen LogP contribution in [0.15, 0.2) is 55.9 Å². The van der Waals surface area contributed by atoms with Gasteiger partial charge >= 0.3 is 0 Å². The largest absolute Gasteiger partial charge is 0.444 e. The van der Waals surface area contributed by atoms with E-state index >= 15 is 0 Å². The van der Waals surface area contributed by atoms with Gasteiger partial charge in [-0.3, -0.25) is 0 Å². The first-order valence-electron chi connectivity index (χ1n) is 9.30. The normalized spacial score (nSPS) is 11.6. The highest BCUT2D eigenvalue weighted by molar-refractivity contribution is 8.00. The number of nitrogens with zero attached hydrogens (tertiary/aromatic N) is 3. The first-order valence-corrected chi connectivity index (χ1v) is 11.2. The van der Waals surface area contributed by atoms with Crippen LogP contribution in [-0.4, -0.2) is 34.8 Å². The second kappa shape index (κ2) is 10.9. The molecule has 0 aliphatic carbocycles. The lowest BCUT2D eigenvalue weighted by molar-refractivity contribution is 0.572. The van der Waals surface area contributed by atoms with E-state index in [1.807, 2.05) is 23.7 Å². The standard InChI is InChI=1S/C20H25N5OS2/c1-3-21-19(22-9-4-11-27-20-23-10-12-28-20)24-13-17-14-26-18(25-17)16-7-5-15(2)6-8-16/h5-8,10,12,14H,3-4,9,11,13H2,1-2H3,(H2,21,22,24). The Bertz CT molecular complexity index is 859. The molecule has 1 aromatic carbocycles. The van der Waals surface area contributed by atoms with Crippen molar-refractivity contribution in [1.82, 2.24) is 20.6 Å². The molecule has 0 unspecified atom stereocenters. The number of thiazole rings is 1. The van der Waals surface area contributed by atoms with E-state index in [4.69, 9.17) is 4.42 Å². The number of hydrogen-bond donors (Lipinski definition) is 2. The van der Waals surface area contributed by atoms with Gasteiger partial charge in [0.25, 0.3) is 0 Å². The Hall–Kier alpha value is -2.32. The number of aromatic nitrogens is 2. The van der Waals surface area contributed by atoms with Gasteiger partial charge in [-0.15, -0.1) is 11.3 Å². The maximum atomic E-state index is 5.60. The summed E-state index contributed by atoms with van der Waals surface area (Å²) in [5.74, 6) is 2.45. The monoisotopic (exact) mass is 415 g/mol. The van der Waals surface area contributed by atoms with Crippen molar-refractivity contribution in [3.8, 4) is 11.5 Å². The van der Waals surface area contributed by atoms with Crippen LogP contribution in [0.25, 0.3) is 11.5 Å². The van der Waals surface area contributed by atoms with Crippen LogP contribution in [0.2, 0.25) is 0 Å². The van der Waals surface area contributed by atoms with E-state index in [1.54, 1.807) is 29.4 Å². The highest BCUT2D eigenvalue weighted by Gasteiger charge is 2.07. The summed E-state index contributed by atoms with van der Waals surface area (Å²) in [6.45, 7) is 6.26. The van der Waals surface area contributed by atoms with Crippen molar-refractivity contribution in [1.29, 1.82) is 0 Å². The molecule has 0 spiro atoms. The average Bonchev–Trinajstić information content (AvgIpc) is 3.38. The average molecular weight is 416 g/mol. The number of nitrogens with one attached hydrogen (secondary N) is 2. The highest BCUT2D eigenvalue weighted by atomic mass is 32.2. The molecular weight excluding hydrogens is 390 g/mol. The fraction of sp³-hybridized carbons (Fsp3) is 0.350. The molecule has 0 aliphatic heterocycles. The molecule has 0 saturated carbocycles. The summed E-state index contributed by atoms with van der Waals surface area (Å²) in [4.78, 5) is 13.4. The third-order valence-electron chi connectivity index (χ3n) is 3.84. The van der Waals surface area contributed by atoms with Gasteiger partial charge in [0.05, 0.1) is 6.54 Å². The summed E-state index contributed by atoms with van der Waals surface area (Å²) < 4.78 is 6.72. The Kier molecular flexibility index (Phi) is 7.93. The van der Waals surface area contributed by atoms with E-state index < -0.39 is 0 Å². The molecule has 2 heterocycles. The molecule has 0 amide bonds. The zero-order valence-electron chi connectivity index (χ0n) is 16.1. The molecule has 0 aliphatic rings. The fourth-order valence-corrected chi connectivity index (χ4v) is 4.08. The van der Waals surface area contributed by atoms with E-state index in [1.165, 1.54) is 5.56 Å². The van der Waals surface area contributed by atoms with Crippen molar-refractivity contribution in [2.45, 2.75) is 31.2 Å². The highest BCUT2D eigenvalue weighted by Crippen LogP contribution is 2.20. The van der Waals surface area contributed by atoms with Crippen LogP contribution in [0.5, 0.6) is 0 Å². The molecule has 0 bridgehead atoms. The fourth-order valence-electron chi connectivity index (χ4n) is 2.43. The Morgan fingerprint density at radius 1 is 1.25 bits per heavy atom. The number of benzene rings is 1. The van der Waals surface area contributed by atoms with Crippen molar-refractivity contribution in [3.05, 3.63) is 53.4 Å². The molecule has 2 aromatic heterocycles. The maximum absolute atomic E-state index is 5.60. The predicted octanol–water partition coefficient (Wildman–Crippen LogP) is 4.34. The zero-order valence-corrected chi connectivity index (χ0v) is 17.8. The second-order valence-corrected chi connectivity index (χ2v) is 8.37. The molecule has 0 radical (unpaired) electrons. The number of aliphatic imine (C=N–C) groups is 1. The first kappa shape index (κ1) is 20.4. The molecular formula is C20H25N5OS2. The van der Waals surface area contributed by atoms with Crippen LogP contribution >= 0.6 is 23.1 Å². The second-order valence-electron chi connectivity index (χ2n) is 6.13. The van der Waals surface area contributed by atoms with Gasteiger partial charge in [0, 0.05) is 36.0 Å². The van der Waals surface area contributed by atoms with Gasteiger partial charge in [0.2, 0.25) is 5.89 Å². The van der Waals surface area contributed by atoms with Gasteiger partial charge in [-0.25, -0.2) is 15.0 Å². The summed E-state index contributed by atoms with van der Waals surface area (Å²) in [6, 6.07) is 8.14. The minimum Gasteiger partial charge on any atom is -0.444 e. The number of oxazole rings is 1. The third kappa shape index (κ3) is 6.38. The van der Waals surface area contributed by atoms with Crippen molar-refractivity contribution in [3.63, 3.8) is 0 Å². The van der Waals surface area contributed by atoms with E-state index in [0.29, 0.717) is 12.4 Å². The van der Waals surface area contributed by atoms with Crippen molar-refractivity contribution >= 4 is 29.1 Å².